The number of hydrogen-bond acceptors (Lipinski definition) is 4. The maximum absolute atomic E-state index is 5.86. The summed E-state index contributed by atoms with van der Waals surface area (Å²) in [5, 5.41) is 0. The van der Waals surface area contributed by atoms with Gasteiger partial charge in [-0.2, -0.15) is 0 Å². The molecule has 0 radical (unpaired) electrons. The lowest BCUT2D eigenvalue weighted by molar-refractivity contribution is 0.262. The van der Waals surface area contributed by atoms with Gasteiger partial charge in [0.15, 0.2) is 11.5 Å². The van der Waals surface area contributed by atoms with E-state index in [1.807, 2.05) is 24.3 Å². The highest BCUT2D eigenvalue weighted by Crippen LogP contribution is 2.39. The maximum Gasteiger partial charge on any atom is 0.203 e. The Balaban J connectivity index is 2.23. The van der Waals surface area contributed by atoms with Crippen LogP contribution < -0.4 is 14.2 Å². The van der Waals surface area contributed by atoms with Crippen LogP contribution in [-0.2, 0) is 12.5 Å². The normalized spacial score (nSPS) is 10.3. The van der Waals surface area contributed by atoms with Crippen molar-refractivity contribution in [2.45, 2.75) is 12.5 Å². The van der Waals surface area contributed by atoms with Crippen molar-refractivity contribution in [3.05, 3.63) is 46.2 Å². The number of ether oxygens (including phenoxy) is 3. The van der Waals surface area contributed by atoms with Crippen LogP contribution in [0.3, 0.4) is 0 Å². The van der Waals surface area contributed by atoms with Gasteiger partial charge in [0.25, 0.3) is 0 Å². The minimum Gasteiger partial charge on any atom is -0.493 e. The molecule has 0 aliphatic heterocycles. The summed E-state index contributed by atoms with van der Waals surface area (Å²) in [6, 6.07) is 7.46. The third-order valence-corrected chi connectivity index (χ3v) is 3.61. The van der Waals surface area contributed by atoms with E-state index in [1.54, 1.807) is 20.4 Å². The Morgan fingerprint density at radius 2 is 1.81 bits per heavy atom. The zero-order chi connectivity index (χ0) is 15.2. The van der Waals surface area contributed by atoms with Crippen molar-refractivity contribution in [2.24, 2.45) is 0 Å². The minimum absolute atomic E-state index is 0.320. The Bertz CT molecular complexity index is 579. The van der Waals surface area contributed by atoms with E-state index in [2.05, 4.69) is 20.9 Å². The standard InChI is InChI=1S/C15H15BrClNO3/c1-19-13-5-10(7-17)6-14(20-2)15(13)21-9-12-4-3-11(16)8-18-12/h3-6,8H,7,9H2,1-2H3. The van der Waals surface area contributed by atoms with E-state index in [0.717, 1.165) is 15.7 Å². The third kappa shape index (κ3) is 4.02. The molecule has 0 saturated carbocycles. The van der Waals surface area contributed by atoms with Crippen LogP contribution in [0.5, 0.6) is 17.2 Å². The summed E-state index contributed by atoms with van der Waals surface area (Å²) >= 11 is 9.21. The summed E-state index contributed by atoms with van der Waals surface area (Å²) in [6.07, 6.45) is 1.73. The number of nitrogens with zero attached hydrogens (tertiary/aromatic N) is 1. The van der Waals surface area contributed by atoms with Crippen molar-refractivity contribution in [2.75, 3.05) is 14.2 Å². The Morgan fingerprint density at radius 1 is 1.14 bits per heavy atom. The SMILES string of the molecule is COc1cc(CCl)cc(OC)c1OCc1ccc(Br)cn1. The topological polar surface area (TPSA) is 40.6 Å². The van der Waals surface area contributed by atoms with E-state index in [1.165, 1.54) is 0 Å². The molecule has 112 valence electrons. The summed E-state index contributed by atoms with van der Waals surface area (Å²) in [6.45, 7) is 0.320. The van der Waals surface area contributed by atoms with E-state index in [4.69, 9.17) is 25.8 Å². The van der Waals surface area contributed by atoms with Gasteiger partial charge in [0.1, 0.15) is 6.61 Å². The molecule has 0 saturated heterocycles. The van der Waals surface area contributed by atoms with E-state index in [-0.39, 0.29) is 0 Å². The first kappa shape index (κ1) is 15.9. The second-order valence-electron chi connectivity index (χ2n) is 4.22. The first-order chi connectivity index (χ1) is 10.2. The molecule has 1 aromatic heterocycles. The largest absolute Gasteiger partial charge is 0.493 e. The van der Waals surface area contributed by atoms with E-state index in [9.17, 15) is 0 Å². The number of pyridine rings is 1. The van der Waals surface area contributed by atoms with Crippen molar-refractivity contribution >= 4 is 27.5 Å². The summed E-state index contributed by atoms with van der Waals surface area (Å²) in [7, 11) is 3.16. The van der Waals surface area contributed by atoms with Crippen LogP contribution in [0.4, 0.5) is 0 Å². The molecule has 0 aliphatic carbocycles. The molecule has 0 N–H and O–H groups in total. The number of hydrogen-bond donors (Lipinski definition) is 0. The zero-order valence-corrected chi connectivity index (χ0v) is 14.1. The van der Waals surface area contributed by atoms with Gasteiger partial charge in [-0.1, -0.05) is 0 Å². The molecule has 4 nitrogen and oxygen atoms in total. The van der Waals surface area contributed by atoms with Gasteiger partial charge in [-0.15, -0.1) is 11.6 Å². The second kappa shape index (κ2) is 7.52. The Hall–Kier alpha value is -1.46. The summed E-state index contributed by atoms with van der Waals surface area (Å²) in [5.41, 5.74) is 1.71. The van der Waals surface area contributed by atoms with Crippen LogP contribution >= 0.6 is 27.5 Å². The minimum atomic E-state index is 0.320. The average molecular weight is 373 g/mol. The molecule has 0 spiro atoms. The number of benzene rings is 1. The van der Waals surface area contributed by atoms with Crippen LogP contribution in [0.25, 0.3) is 0 Å². The molecular formula is C15H15BrClNO3. The molecule has 1 heterocycles. The lowest BCUT2D eigenvalue weighted by atomic mass is 10.2. The van der Waals surface area contributed by atoms with Crippen molar-refractivity contribution in [3.8, 4) is 17.2 Å². The van der Waals surface area contributed by atoms with Crippen LogP contribution in [0.2, 0.25) is 0 Å². The number of halogens is 2. The molecule has 6 heteroatoms. The number of aromatic nitrogens is 1. The molecule has 1 aromatic carbocycles. The molecule has 0 amide bonds. The van der Waals surface area contributed by atoms with E-state index in [0.29, 0.717) is 29.7 Å². The summed E-state index contributed by atoms with van der Waals surface area (Å²) < 4.78 is 17.4. The van der Waals surface area contributed by atoms with Gasteiger partial charge in [-0.25, -0.2) is 0 Å². The Labute approximate surface area is 137 Å². The third-order valence-electron chi connectivity index (χ3n) is 2.83. The Morgan fingerprint density at radius 3 is 2.29 bits per heavy atom. The highest BCUT2D eigenvalue weighted by atomic mass is 79.9. The van der Waals surface area contributed by atoms with Crippen LogP contribution in [0.1, 0.15) is 11.3 Å². The second-order valence-corrected chi connectivity index (χ2v) is 5.40. The highest BCUT2D eigenvalue weighted by molar-refractivity contribution is 9.10. The van der Waals surface area contributed by atoms with Crippen molar-refractivity contribution < 1.29 is 14.2 Å². The van der Waals surface area contributed by atoms with Crippen molar-refractivity contribution in [1.82, 2.24) is 4.98 Å². The fourth-order valence-corrected chi connectivity index (χ4v) is 2.18. The number of methoxy groups -OCH3 is 2. The van der Waals surface area contributed by atoms with Crippen molar-refractivity contribution in [1.29, 1.82) is 0 Å². The smallest absolute Gasteiger partial charge is 0.203 e. The lowest BCUT2D eigenvalue weighted by Gasteiger charge is -2.15. The maximum atomic E-state index is 5.86. The van der Waals surface area contributed by atoms with Gasteiger partial charge in [-0.3, -0.25) is 4.98 Å². The fourth-order valence-electron chi connectivity index (χ4n) is 1.79. The molecule has 0 atom stereocenters. The molecular weight excluding hydrogens is 358 g/mol. The number of alkyl halides is 1. The zero-order valence-electron chi connectivity index (χ0n) is 11.7. The van der Waals surface area contributed by atoms with Gasteiger partial charge < -0.3 is 14.2 Å². The predicted molar refractivity (Wildman–Crippen MR) is 85.4 cm³/mol. The molecule has 21 heavy (non-hydrogen) atoms. The van der Waals surface area contributed by atoms with Crippen LogP contribution in [0, 0.1) is 0 Å². The van der Waals surface area contributed by atoms with Gasteiger partial charge in [0, 0.05) is 16.5 Å². The van der Waals surface area contributed by atoms with Gasteiger partial charge in [0.05, 0.1) is 19.9 Å². The molecule has 2 aromatic rings. The highest BCUT2D eigenvalue weighted by Gasteiger charge is 2.14. The van der Waals surface area contributed by atoms with Crippen molar-refractivity contribution in [3.63, 3.8) is 0 Å². The van der Waals surface area contributed by atoms with Crippen LogP contribution in [-0.4, -0.2) is 19.2 Å². The molecule has 2 rings (SSSR count). The van der Waals surface area contributed by atoms with Gasteiger partial charge >= 0.3 is 0 Å². The first-order valence-electron chi connectivity index (χ1n) is 6.22. The fraction of sp³-hybridized carbons (Fsp3) is 0.267. The summed E-state index contributed by atoms with van der Waals surface area (Å²) in [5.74, 6) is 2.09. The van der Waals surface area contributed by atoms with E-state index < -0.39 is 0 Å². The quantitative estimate of drug-likeness (QED) is 0.713. The predicted octanol–water partition coefficient (Wildman–Crippen LogP) is 4.18. The monoisotopic (exact) mass is 371 g/mol. The molecule has 0 unspecified atom stereocenters. The molecule has 0 bridgehead atoms. The van der Waals surface area contributed by atoms with Gasteiger partial charge in [-0.05, 0) is 45.8 Å². The molecule has 0 aliphatic rings. The van der Waals surface area contributed by atoms with Gasteiger partial charge in [0.2, 0.25) is 5.75 Å². The first-order valence-corrected chi connectivity index (χ1v) is 7.54. The Kier molecular flexibility index (Phi) is 5.70. The summed E-state index contributed by atoms with van der Waals surface area (Å²) in [4.78, 5) is 4.26. The van der Waals surface area contributed by atoms with E-state index >= 15 is 0 Å². The lowest BCUT2D eigenvalue weighted by Crippen LogP contribution is -2.02. The molecule has 0 fully saturated rings. The number of rotatable bonds is 6. The average Bonchev–Trinajstić information content (AvgIpc) is 2.53. The van der Waals surface area contributed by atoms with Crippen LogP contribution in [0.15, 0.2) is 34.9 Å².